The van der Waals surface area contributed by atoms with Crippen molar-refractivity contribution >= 4 is 5.78 Å². The van der Waals surface area contributed by atoms with Crippen LogP contribution in [0, 0.1) is 11.8 Å². The molecule has 0 saturated heterocycles. The molecule has 1 saturated carbocycles. The number of hydrogen-bond acceptors (Lipinski definition) is 1. The number of rotatable bonds is 0. The van der Waals surface area contributed by atoms with Gasteiger partial charge in [-0.15, -0.1) is 0 Å². The van der Waals surface area contributed by atoms with E-state index in [9.17, 15) is 4.79 Å². The molecular formula is C8H10O. The first-order chi connectivity index (χ1) is 4.36. The second-order valence-corrected chi connectivity index (χ2v) is 3.03. The van der Waals surface area contributed by atoms with Crippen molar-refractivity contribution in [2.24, 2.45) is 11.8 Å². The number of carbonyl (C=O) groups is 1. The molecule has 1 heteroatoms. The zero-order chi connectivity index (χ0) is 6.27. The number of carbonyl (C=O) groups excluding carboxylic acids is 1. The van der Waals surface area contributed by atoms with Gasteiger partial charge in [-0.25, -0.2) is 0 Å². The maximum atomic E-state index is 11.0. The Morgan fingerprint density at radius 1 is 1.44 bits per heavy atom. The molecule has 0 unspecified atom stereocenters. The molecule has 0 heterocycles. The molecule has 0 N–H and O–H groups in total. The Balaban J connectivity index is 2.29. The lowest BCUT2D eigenvalue weighted by molar-refractivity contribution is -0.118. The van der Waals surface area contributed by atoms with E-state index in [2.05, 4.69) is 6.08 Å². The third-order valence-corrected chi connectivity index (χ3v) is 2.41. The fraction of sp³-hybridized carbons (Fsp3) is 0.625. The van der Waals surface area contributed by atoms with Crippen molar-refractivity contribution in [2.45, 2.75) is 19.3 Å². The van der Waals surface area contributed by atoms with Crippen LogP contribution in [0.15, 0.2) is 12.2 Å². The second kappa shape index (κ2) is 1.69. The van der Waals surface area contributed by atoms with Crippen LogP contribution >= 0.6 is 0 Å². The van der Waals surface area contributed by atoms with Crippen LogP contribution in [0.5, 0.6) is 0 Å². The summed E-state index contributed by atoms with van der Waals surface area (Å²) in [6.07, 6.45) is 7.36. The van der Waals surface area contributed by atoms with Gasteiger partial charge in [0.05, 0.1) is 0 Å². The number of fused-ring (bicyclic) bond motifs is 2. The van der Waals surface area contributed by atoms with Crippen LogP contribution in [0.4, 0.5) is 0 Å². The van der Waals surface area contributed by atoms with E-state index >= 15 is 0 Å². The quantitative estimate of drug-likeness (QED) is 0.476. The highest BCUT2D eigenvalue weighted by atomic mass is 16.1. The predicted octanol–water partition coefficient (Wildman–Crippen LogP) is 1.54. The molecule has 9 heavy (non-hydrogen) atoms. The molecule has 0 aromatic carbocycles. The van der Waals surface area contributed by atoms with Crippen LogP contribution in [-0.2, 0) is 4.79 Å². The van der Waals surface area contributed by atoms with Crippen molar-refractivity contribution in [1.29, 1.82) is 0 Å². The van der Waals surface area contributed by atoms with Crippen LogP contribution in [0.25, 0.3) is 0 Å². The molecule has 0 aromatic heterocycles. The Morgan fingerprint density at radius 2 is 2.33 bits per heavy atom. The second-order valence-electron chi connectivity index (χ2n) is 3.03. The summed E-state index contributed by atoms with van der Waals surface area (Å²) in [5, 5.41) is 0. The normalized spacial score (nSPS) is 39.8. The molecule has 2 rings (SSSR count). The van der Waals surface area contributed by atoms with Crippen LogP contribution in [0.2, 0.25) is 0 Å². The van der Waals surface area contributed by atoms with E-state index in [0.29, 0.717) is 11.7 Å². The Kier molecular flexibility index (Phi) is 0.981. The van der Waals surface area contributed by atoms with Crippen molar-refractivity contribution in [3.05, 3.63) is 12.2 Å². The van der Waals surface area contributed by atoms with Gasteiger partial charge in [-0.3, -0.25) is 4.79 Å². The van der Waals surface area contributed by atoms with Gasteiger partial charge in [0.25, 0.3) is 0 Å². The summed E-state index contributed by atoms with van der Waals surface area (Å²) in [7, 11) is 0. The van der Waals surface area contributed by atoms with Gasteiger partial charge in [-0.2, -0.15) is 0 Å². The summed E-state index contributed by atoms with van der Waals surface area (Å²) in [5.41, 5.74) is 0. The molecule has 2 atom stereocenters. The van der Waals surface area contributed by atoms with Crippen molar-refractivity contribution in [3.63, 3.8) is 0 Å². The average molecular weight is 122 g/mol. The van der Waals surface area contributed by atoms with Gasteiger partial charge in [0, 0.05) is 5.92 Å². The van der Waals surface area contributed by atoms with Crippen molar-refractivity contribution in [1.82, 2.24) is 0 Å². The molecule has 1 nitrogen and oxygen atoms in total. The van der Waals surface area contributed by atoms with Crippen LogP contribution in [0.1, 0.15) is 19.3 Å². The standard InChI is InChI=1S/C8H10O/c9-8-4-2-6-1-3-7(8)5-6/h2,4,6-7H,1,3,5H2/t6-,7+/m1/s1. The van der Waals surface area contributed by atoms with Gasteiger partial charge in [-0.1, -0.05) is 6.08 Å². The largest absolute Gasteiger partial charge is 0.295 e. The molecular weight excluding hydrogens is 112 g/mol. The van der Waals surface area contributed by atoms with Gasteiger partial charge >= 0.3 is 0 Å². The third kappa shape index (κ3) is 0.716. The predicted molar refractivity (Wildman–Crippen MR) is 35.0 cm³/mol. The summed E-state index contributed by atoms with van der Waals surface area (Å²) >= 11 is 0. The van der Waals surface area contributed by atoms with E-state index in [-0.39, 0.29) is 0 Å². The monoisotopic (exact) mass is 122 g/mol. The average Bonchev–Trinajstić information content (AvgIpc) is 2.25. The van der Waals surface area contributed by atoms with Gasteiger partial charge in [0.1, 0.15) is 0 Å². The topological polar surface area (TPSA) is 17.1 Å². The molecule has 2 aliphatic rings. The Morgan fingerprint density at radius 3 is 3.11 bits per heavy atom. The first-order valence-electron chi connectivity index (χ1n) is 3.58. The first kappa shape index (κ1) is 5.21. The molecule has 2 aliphatic carbocycles. The van der Waals surface area contributed by atoms with Crippen LogP contribution in [0.3, 0.4) is 0 Å². The Labute approximate surface area is 54.8 Å². The van der Waals surface area contributed by atoms with E-state index in [1.165, 1.54) is 6.42 Å². The Hall–Kier alpha value is -0.590. The van der Waals surface area contributed by atoms with Crippen molar-refractivity contribution in [3.8, 4) is 0 Å². The maximum Gasteiger partial charge on any atom is 0.158 e. The molecule has 0 radical (unpaired) electrons. The first-order valence-corrected chi connectivity index (χ1v) is 3.58. The lowest BCUT2D eigenvalue weighted by atomic mass is 9.95. The highest BCUT2D eigenvalue weighted by molar-refractivity contribution is 5.92. The van der Waals surface area contributed by atoms with Crippen molar-refractivity contribution in [2.75, 3.05) is 0 Å². The summed E-state index contributed by atoms with van der Waals surface area (Å²) in [6, 6.07) is 0. The fourth-order valence-electron chi connectivity index (χ4n) is 1.82. The van der Waals surface area contributed by atoms with Gasteiger partial charge in [0.2, 0.25) is 0 Å². The van der Waals surface area contributed by atoms with E-state index in [4.69, 9.17) is 0 Å². The maximum absolute atomic E-state index is 11.0. The molecule has 2 bridgehead atoms. The molecule has 0 spiro atoms. The lowest BCUT2D eigenvalue weighted by Gasteiger charge is -2.09. The summed E-state index contributed by atoms with van der Waals surface area (Å²) in [6.45, 7) is 0. The molecule has 48 valence electrons. The van der Waals surface area contributed by atoms with Crippen LogP contribution < -0.4 is 0 Å². The van der Waals surface area contributed by atoms with E-state index < -0.39 is 0 Å². The highest BCUT2D eigenvalue weighted by Gasteiger charge is 2.30. The molecule has 0 aromatic rings. The highest BCUT2D eigenvalue weighted by Crippen LogP contribution is 2.35. The van der Waals surface area contributed by atoms with E-state index in [1.807, 2.05) is 0 Å². The fourth-order valence-corrected chi connectivity index (χ4v) is 1.82. The molecule has 0 amide bonds. The smallest absolute Gasteiger partial charge is 0.158 e. The van der Waals surface area contributed by atoms with Gasteiger partial charge in [0.15, 0.2) is 5.78 Å². The third-order valence-electron chi connectivity index (χ3n) is 2.41. The number of ketones is 1. The van der Waals surface area contributed by atoms with Gasteiger partial charge < -0.3 is 0 Å². The number of hydrogen-bond donors (Lipinski definition) is 0. The summed E-state index contributed by atoms with van der Waals surface area (Å²) in [4.78, 5) is 11.0. The van der Waals surface area contributed by atoms with Gasteiger partial charge in [-0.05, 0) is 31.3 Å². The zero-order valence-corrected chi connectivity index (χ0v) is 5.34. The van der Waals surface area contributed by atoms with E-state index in [1.54, 1.807) is 6.08 Å². The summed E-state index contributed by atoms with van der Waals surface area (Å²) in [5.74, 6) is 1.51. The van der Waals surface area contributed by atoms with Crippen LogP contribution in [-0.4, -0.2) is 5.78 Å². The Bertz CT molecular complexity index is 169. The SMILES string of the molecule is O=C1C=C[C@H]2CC[C@H]1C2. The van der Waals surface area contributed by atoms with Crippen molar-refractivity contribution < 1.29 is 4.79 Å². The minimum Gasteiger partial charge on any atom is -0.295 e. The minimum atomic E-state index is 0.365. The van der Waals surface area contributed by atoms with E-state index in [0.717, 1.165) is 18.8 Å². The minimum absolute atomic E-state index is 0.365. The molecule has 0 aliphatic heterocycles. The zero-order valence-electron chi connectivity index (χ0n) is 5.34. The lowest BCUT2D eigenvalue weighted by Crippen LogP contribution is -2.11. The molecule has 1 fully saturated rings. The number of allylic oxidation sites excluding steroid dienone is 2. The summed E-state index contributed by atoms with van der Waals surface area (Å²) < 4.78 is 0.